The number of carboxylic acids is 2. The number of methoxy groups -OCH3 is 1. The van der Waals surface area contributed by atoms with Crippen molar-refractivity contribution in [2.75, 3.05) is 46.1 Å². The SMILES string of the molecule is COc1ccc(C(CSc2ccccc2)N2CCN(C)CC2)cc1.O=C(O)/C=C\C(=O)O. The van der Waals surface area contributed by atoms with Gasteiger partial charge in [-0.3, -0.25) is 4.90 Å². The number of ether oxygens (including phenoxy) is 1. The standard InChI is InChI=1S/C20H26N2OS.C4H4O4/c1-21-12-14-22(15-13-21)20(16-24-19-6-4-3-5-7-19)17-8-10-18(23-2)11-9-17;5-3(6)1-2-4(7)8/h3-11,20H,12-16H2,1-2H3;1-2H,(H,5,6)(H,7,8)/b;2-1-. The molecule has 1 heterocycles. The molecule has 7 nitrogen and oxygen atoms in total. The molecule has 0 aromatic heterocycles. The molecule has 2 aromatic rings. The highest BCUT2D eigenvalue weighted by Crippen LogP contribution is 2.30. The van der Waals surface area contributed by atoms with Gasteiger partial charge in [-0.25, -0.2) is 9.59 Å². The number of piperazine rings is 1. The van der Waals surface area contributed by atoms with E-state index in [2.05, 4.69) is 71.4 Å². The number of carbonyl (C=O) groups is 2. The van der Waals surface area contributed by atoms with Gasteiger partial charge in [0, 0.05) is 55.0 Å². The fraction of sp³-hybridized carbons (Fsp3) is 0.333. The van der Waals surface area contributed by atoms with Gasteiger partial charge < -0.3 is 19.8 Å². The summed E-state index contributed by atoms with van der Waals surface area (Å²) in [5.41, 5.74) is 1.38. The van der Waals surface area contributed by atoms with Crippen LogP contribution in [0, 0.1) is 0 Å². The Balaban J connectivity index is 0.000000390. The molecule has 0 radical (unpaired) electrons. The fourth-order valence-corrected chi connectivity index (χ4v) is 4.31. The summed E-state index contributed by atoms with van der Waals surface area (Å²) in [6.07, 6.45) is 1.12. The number of thioether (sulfide) groups is 1. The third-order valence-corrected chi connectivity index (χ3v) is 6.09. The molecule has 2 aromatic carbocycles. The number of benzene rings is 2. The number of hydrogen-bond donors (Lipinski definition) is 2. The second kappa shape index (κ2) is 13.6. The maximum Gasteiger partial charge on any atom is 0.328 e. The van der Waals surface area contributed by atoms with Crippen molar-refractivity contribution in [1.29, 1.82) is 0 Å². The molecule has 1 aliphatic rings. The zero-order chi connectivity index (χ0) is 23.3. The Hall–Kier alpha value is -2.81. The minimum atomic E-state index is -1.26. The van der Waals surface area contributed by atoms with Gasteiger partial charge in [0.25, 0.3) is 0 Å². The van der Waals surface area contributed by atoms with Crippen molar-refractivity contribution in [3.8, 4) is 5.75 Å². The van der Waals surface area contributed by atoms with Gasteiger partial charge in [0.05, 0.1) is 7.11 Å². The third-order valence-electron chi connectivity index (χ3n) is 5.00. The van der Waals surface area contributed by atoms with Crippen LogP contribution in [0.2, 0.25) is 0 Å². The number of rotatable bonds is 8. The Bertz CT molecular complexity index is 850. The Morgan fingerprint density at radius 1 is 0.969 bits per heavy atom. The monoisotopic (exact) mass is 458 g/mol. The van der Waals surface area contributed by atoms with Crippen molar-refractivity contribution in [2.24, 2.45) is 0 Å². The molecule has 0 aliphatic carbocycles. The number of likely N-dealkylation sites (N-methyl/N-ethyl adjacent to an activating group) is 1. The van der Waals surface area contributed by atoms with Gasteiger partial charge >= 0.3 is 11.9 Å². The molecule has 1 aliphatic heterocycles. The summed E-state index contributed by atoms with van der Waals surface area (Å²) in [7, 11) is 3.93. The third kappa shape index (κ3) is 9.13. The van der Waals surface area contributed by atoms with Crippen LogP contribution in [0.1, 0.15) is 11.6 Å². The normalized spacial score (nSPS) is 15.6. The summed E-state index contributed by atoms with van der Waals surface area (Å²) in [5.74, 6) is -0.522. The van der Waals surface area contributed by atoms with Crippen LogP contribution in [0.4, 0.5) is 0 Å². The second-order valence-corrected chi connectivity index (χ2v) is 8.36. The summed E-state index contributed by atoms with van der Waals surface area (Å²) in [6.45, 7) is 4.54. The van der Waals surface area contributed by atoms with E-state index in [1.165, 1.54) is 10.5 Å². The summed E-state index contributed by atoms with van der Waals surface area (Å²) in [6, 6.07) is 19.7. The maximum absolute atomic E-state index is 9.55. The second-order valence-electron chi connectivity index (χ2n) is 7.26. The topological polar surface area (TPSA) is 90.3 Å². The molecule has 8 heteroatoms. The van der Waals surface area contributed by atoms with Crippen LogP contribution in [0.3, 0.4) is 0 Å². The minimum absolute atomic E-state index is 0.440. The Morgan fingerprint density at radius 3 is 2.03 bits per heavy atom. The Labute approximate surface area is 193 Å². The molecule has 0 spiro atoms. The van der Waals surface area contributed by atoms with Gasteiger partial charge in [0.2, 0.25) is 0 Å². The first-order valence-electron chi connectivity index (χ1n) is 10.3. The number of hydrogen-bond acceptors (Lipinski definition) is 6. The highest BCUT2D eigenvalue weighted by molar-refractivity contribution is 7.99. The zero-order valence-electron chi connectivity index (χ0n) is 18.4. The van der Waals surface area contributed by atoms with Crippen LogP contribution in [0.15, 0.2) is 71.6 Å². The maximum atomic E-state index is 9.55. The van der Waals surface area contributed by atoms with Crippen LogP contribution in [0.25, 0.3) is 0 Å². The molecule has 0 amide bonds. The largest absolute Gasteiger partial charge is 0.497 e. The van der Waals surface area contributed by atoms with Crippen molar-refractivity contribution in [2.45, 2.75) is 10.9 Å². The number of carboxylic acid groups (broad SMARTS) is 2. The van der Waals surface area contributed by atoms with Crippen molar-refractivity contribution in [3.63, 3.8) is 0 Å². The molecule has 0 bridgehead atoms. The van der Waals surface area contributed by atoms with Crippen molar-refractivity contribution < 1.29 is 24.5 Å². The first-order valence-corrected chi connectivity index (χ1v) is 11.3. The van der Waals surface area contributed by atoms with Gasteiger partial charge in [-0.1, -0.05) is 30.3 Å². The van der Waals surface area contributed by atoms with E-state index in [-0.39, 0.29) is 0 Å². The molecule has 32 heavy (non-hydrogen) atoms. The minimum Gasteiger partial charge on any atom is -0.497 e. The molecule has 2 N–H and O–H groups in total. The highest BCUT2D eigenvalue weighted by atomic mass is 32.2. The van der Waals surface area contributed by atoms with Crippen molar-refractivity contribution in [1.82, 2.24) is 9.80 Å². The molecule has 3 rings (SSSR count). The molecule has 1 saturated heterocycles. The lowest BCUT2D eigenvalue weighted by atomic mass is 10.1. The smallest absolute Gasteiger partial charge is 0.328 e. The lowest BCUT2D eigenvalue weighted by Gasteiger charge is -2.38. The van der Waals surface area contributed by atoms with Crippen LogP contribution in [-0.4, -0.2) is 78.0 Å². The van der Waals surface area contributed by atoms with Gasteiger partial charge in [0.15, 0.2) is 0 Å². The lowest BCUT2D eigenvalue weighted by Crippen LogP contribution is -2.46. The predicted octanol–water partition coefficient (Wildman–Crippen LogP) is 3.49. The molecular formula is C24H30N2O5S. The first-order chi connectivity index (χ1) is 15.4. The van der Waals surface area contributed by atoms with E-state index in [1.54, 1.807) is 7.11 Å². The van der Waals surface area contributed by atoms with Gasteiger partial charge in [-0.2, -0.15) is 0 Å². The summed E-state index contributed by atoms with van der Waals surface area (Å²) < 4.78 is 5.31. The van der Waals surface area contributed by atoms with Crippen molar-refractivity contribution >= 4 is 23.7 Å². The van der Waals surface area contributed by atoms with E-state index >= 15 is 0 Å². The van der Waals surface area contributed by atoms with E-state index in [1.807, 2.05) is 11.8 Å². The lowest BCUT2D eigenvalue weighted by molar-refractivity contribution is -0.134. The number of aliphatic carboxylic acids is 2. The first kappa shape index (κ1) is 25.5. The van der Waals surface area contributed by atoms with E-state index in [9.17, 15) is 9.59 Å². The molecule has 172 valence electrons. The van der Waals surface area contributed by atoms with Crippen LogP contribution in [0.5, 0.6) is 5.75 Å². The van der Waals surface area contributed by atoms with Crippen LogP contribution < -0.4 is 4.74 Å². The van der Waals surface area contributed by atoms with E-state index in [4.69, 9.17) is 14.9 Å². The molecule has 1 atom stereocenters. The summed E-state index contributed by atoms with van der Waals surface area (Å²) in [5, 5.41) is 15.6. The fourth-order valence-electron chi connectivity index (χ4n) is 3.21. The summed E-state index contributed by atoms with van der Waals surface area (Å²) in [4.78, 5) is 25.5. The average molecular weight is 459 g/mol. The zero-order valence-corrected chi connectivity index (χ0v) is 19.2. The average Bonchev–Trinajstić information content (AvgIpc) is 2.80. The molecule has 1 fully saturated rings. The van der Waals surface area contributed by atoms with Crippen LogP contribution >= 0.6 is 11.8 Å². The molecule has 1 unspecified atom stereocenters. The summed E-state index contributed by atoms with van der Waals surface area (Å²) >= 11 is 1.94. The van der Waals surface area contributed by atoms with Gasteiger partial charge in [-0.05, 0) is 36.9 Å². The Morgan fingerprint density at radius 2 is 1.53 bits per heavy atom. The van der Waals surface area contributed by atoms with E-state index in [0.29, 0.717) is 18.2 Å². The highest BCUT2D eigenvalue weighted by Gasteiger charge is 2.24. The quantitative estimate of drug-likeness (QED) is 0.459. The molecule has 0 saturated carbocycles. The Kier molecular flexibility index (Phi) is 10.8. The van der Waals surface area contributed by atoms with Crippen LogP contribution in [-0.2, 0) is 9.59 Å². The van der Waals surface area contributed by atoms with E-state index < -0.39 is 11.9 Å². The van der Waals surface area contributed by atoms with Crippen molar-refractivity contribution in [3.05, 3.63) is 72.3 Å². The molecular weight excluding hydrogens is 428 g/mol. The number of nitrogens with zero attached hydrogens (tertiary/aromatic N) is 2. The van der Waals surface area contributed by atoms with Gasteiger partial charge in [0.1, 0.15) is 5.75 Å². The predicted molar refractivity (Wildman–Crippen MR) is 126 cm³/mol. The van der Waals surface area contributed by atoms with E-state index in [0.717, 1.165) is 37.7 Å². The van der Waals surface area contributed by atoms with Gasteiger partial charge in [-0.15, -0.1) is 11.8 Å².